The highest BCUT2D eigenvalue weighted by Crippen LogP contribution is 2.30. The van der Waals surface area contributed by atoms with Crippen molar-refractivity contribution in [3.05, 3.63) is 90.4 Å². The van der Waals surface area contributed by atoms with Gasteiger partial charge in [0.1, 0.15) is 9.91 Å². The summed E-state index contributed by atoms with van der Waals surface area (Å²) in [6.45, 7) is -0.137. The zero-order chi connectivity index (χ0) is 25.1. The molecule has 3 aromatic heterocycles. The molecule has 36 heavy (non-hydrogen) atoms. The Labute approximate surface area is 209 Å². The number of para-hydroxylation sites is 1. The summed E-state index contributed by atoms with van der Waals surface area (Å²) in [4.78, 5) is 16.3. The summed E-state index contributed by atoms with van der Waals surface area (Å²) in [6, 6.07) is 20.4. The molecule has 0 unspecified atom stereocenters. The normalized spacial score (nSPS) is 12.2. The van der Waals surface area contributed by atoms with Gasteiger partial charge >= 0.3 is 0 Å². The van der Waals surface area contributed by atoms with Crippen molar-refractivity contribution in [3.63, 3.8) is 0 Å². The van der Waals surface area contributed by atoms with E-state index < -0.39 is 15.9 Å². The molecule has 5 rings (SSSR count). The van der Waals surface area contributed by atoms with Crippen molar-refractivity contribution >= 4 is 49.9 Å². The highest BCUT2D eigenvalue weighted by Gasteiger charge is 2.19. The molecule has 12 heteroatoms. The average Bonchev–Trinajstić information content (AvgIpc) is 3.66. The molecule has 0 radical (unpaired) electrons. The molecule has 0 aliphatic rings. The highest BCUT2D eigenvalue weighted by molar-refractivity contribution is 7.91. The lowest BCUT2D eigenvalue weighted by Gasteiger charge is -2.05. The topological polar surface area (TPSA) is 142 Å². The summed E-state index contributed by atoms with van der Waals surface area (Å²) in [5, 5.41) is 18.0. The van der Waals surface area contributed by atoms with Crippen LogP contribution in [0.1, 0.15) is 11.3 Å². The van der Waals surface area contributed by atoms with Gasteiger partial charge in [0.05, 0.1) is 18.4 Å². The Morgan fingerprint density at radius 3 is 2.67 bits per heavy atom. The van der Waals surface area contributed by atoms with Crippen LogP contribution in [-0.2, 0) is 21.4 Å². The zero-order valence-electron chi connectivity index (χ0n) is 18.6. The molecule has 4 N–H and O–H groups in total. The number of aromatic nitrogens is 4. The number of hydrogen-bond acceptors (Lipinski definition) is 7. The number of H-pyrrole nitrogens is 1. The van der Waals surface area contributed by atoms with Gasteiger partial charge in [-0.25, -0.2) is 23.3 Å². The summed E-state index contributed by atoms with van der Waals surface area (Å²) in [5.41, 5.74) is 4.41. The third-order valence-corrected chi connectivity index (χ3v) is 8.41. The fraction of sp³-hybridized carbons (Fsp3) is 0.0417. The van der Waals surface area contributed by atoms with Crippen molar-refractivity contribution in [2.45, 2.75) is 10.8 Å². The SMILES string of the molecule is O=C(NO)C(=Cc1c[nH]c2ccccc12)n1cc(CNS(=O)(=O)c2ccc(-c3ccccc3)s2)nn1. The lowest BCUT2D eigenvalue weighted by Crippen LogP contribution is -2.23. The molecule has 5 aromatic rings. The number of carbonyl (C=O) groups excluding carboxylic acids is 1. The van der Waals surface area contributed by atoms with Crippen molar-refractivity contribution in [2.75, 3.05) is 0 Å². The monoisotopic (exact) mass is 520 g/mol. The number of hydroxylamine groups is 1. The standard InChI is InChI=1S/C24H20N6O4S2/c31-24(28-32)21(12-17-13-25-20-9-5-4-8-19(17)20)30-15-18(27-29-30)14-26-36(33,34)23-11-10-22(35-23)16-6-2-1-3-7-16/h1-13,15,25-26,32H,14H2,(H,28,31). The molecule has 0 spiro atoms. The molecular formula is C24H20N6O4S2. The Kier molecular flexibility index (Phi) is 6.48. The molecular weight excluding hydrogens is 500 g/mol. The number of rotatable bonds is 8. The number of nitrogens with zero attached hydrogens (tertiary/aromatic N) is 3. The van der Waals surface area contributed by atoms with Crippen LogP contribution in [0.15, 0.2) is 83.3 Å². The Hall–Kier alpha value is -4.10. The number of fused-ring (bicyclic) bond motifs is 1. The second-order valence-electron chi connectivity index (χ2n) is 7.72. The largest absolute Gasteiger partial charge is 0.361 e. The van der Waals surface area contributed by atoms with Crippen LogP contribution in [0.5, 0.6) is 0 Å². The van der Waals surface area contributed by atoms with Crippen molar-refractivity contribution in [1.29, 1.82) is 0 Å². The van der Waals surface area contributed by atoms with E-state index in [-0.39, 0.29) is 22.1 Å². The van der Waals surface area contributed by atoms with Crippen LogP contribution < -0.4 is 10.2 Å². The van der Waals surface area contributed by atoms with E-state index in [4.69, 9.17) is 0 Å². The molecule has 0 saturated heterocycles. The number of amides is 1. The quantitative estimate of drug-likeness (QED) is 0.140. The van der Waals surface area contributed by atoms with Crippen LogP contribution in [-0.4, -0.2) is 39.5 Å². The molecule has 0 fully saturated rings. The van der Waals surface area contributed by atoms with Crippen molar-refractivity contribution < 1.29 is 18.4 Å². The minimum absolute atomic E-state index is 0.00498. The minimum atomic E-state index is -3.79. The van der Waals surface area contributed by atoms with E-state index >= 15 is 0 Å². The van der Waals surface area contributed by atoms with Gasteiger partial charge in [-0.15, -0.1) is 16.4 Å². The Balaban J connectivity index is 1.35. The number of aromatic amines is 1. The third-order valence-electron chi connectivity index (χ3n) is 5.38. The van der Waals surface area contributed by atoms with Crippen molar-refractivity contribution in [1.82, 2.24) is 30.2 Å². The van der Waals surface area contributed by atoms with Gasteiger partial charge in [0, 0.05) is 27.5 Å². The first-order chi connectivity index (χ1) is 17.4. The lowest BCUT2D eigenvalue weighted by atomic mass is 10.1. The van der Waals surface area contributed by atoms with E-state index in [1.54, 1.807) is 29.9 Å². The van der Waals surface area contributed by atoms with E-state index in [1.807, 2.05) is 54.6 Å². The van der Waals surface area contributed by atoms with Crippen molar-refractivity contribution in [3.8, 4) is 10.4 Å². The molecule has 3 heterocycles. The molecule has 182 valence electrons. The van der Waals surface area contributed by atoms with Gasteiger partial charge in [-0.1, -0.05) is 53.7 Å². The molecule has 0 atom stereocenters. The van der Waals surface area contributed by atoms with Gasteiger partial charge < -0.3 is 4.98 Å². The Bertz CT molecular complexity index is 1670. The smallest absolute Gasteiger partial charge is 0.293 e. The van der Waals surface area contributed by atoms with Crippen molar-refractivity contribution in [2.24, 2.45) is 0 Å². The van der Waals surface area contributed by atoms with Gasteiger partial charge in [-0.2, -0.15) is 0 Å². The number of hydrogen-bond donors (Lipinski definition) is 4. The van der Waals surface area contributed by atoms with Crippen LogP contribution in [0.2, 0.25) is 0 Å². The molecule has 2 aromatic carbocycles. The average molecular weight is 521 g/mol. The van der Waals surface area contributed by atoms with Crippen LogP contribution in [0.25, 0.3) is 33.1 Å². The minimum Gasteiger partial charge on any atom is -0.361 e. The first-order valence-corrected chi connectivity index (χ1v) is 13.0. The number of nitrogens with one attached hydrogen (secondary N) is 3. The Morgan fingerprint density at radius 2 is 1.86 bits per heavy atom. The van der Waals surface area contributed by atoms with Gasteiger partial charge in [0.15, 0.2) is 0 Å². The van der Waals surface area contributed by atoms with Crippen LogP contribution in [0.4, 0.5) is 0 Å². The fourth-order valence-corrected chi connectivity index (χ4v) is 5.97. The summed E-state index contributed by atoms with van der Waals surface area (Å²) in [7, 11) is -3.79. The number of carbonyl (C=O) groups is 1. The summed E-state index contributed by atoms with van der Waals surface area (Å²) in [5.74, 6) is -0.802. The molecule has 1 amide bonds. The predicted octanol–water partition coefficient (Wildman–Crippen LogP) is 3.47. The highest BCUT2D eigenvalue weighted by atomic mass is 32.2. The molecule has 0 aliphatic heterocycles. The van der Waals surface area contributed by atoms with Gasteiger partial charge in [-0.05, 0) is 29.8 Å². The maximum atomic E-state index is 12.8. The number of thiophene rings is 1. The van der Waals surface area contributed by atoms with Gasteiger partial charge in [0.2, 0.25) is 10.0 Å². The van der Waals surface area contributed by atoms with Gasteiger partial charge in [0.25, 0.3) is 5.91 Å². The van der Waals surface area contributed by atoms with E-state index in [0.717, 1.165) is 32.7 Å². The number of benzene rings is 2. The second kappa shape index (κ2) is 9.87. The van der Waals surface area contributed by atoms with Crippen LogP contribution in [0.3, 0.4) is 0 Å². The Morgan fingerprint density at radius 1 is 1.08 bits per heavy atom. The predicted molar refractivity (Wildman–Crippen MR) is 136 cm³/mol. The number of sulfonamides is 1. The first-order valence-electron chi connectivity index (χ1n) is 10.7. The maximum absolute atomic E-state index is 12.8. The first kappa shape index (κ1) is 23.6. The summed E-state index contributed by atoms with van der Waals surface area (Å²) >= 11 is 1.16. The van der Waals surface area contributed by atoms with E-state index in [0.29, 0.717) is 5.56 Å². The van der Waals surface area contributed by atoms with Crippen LogP contribution in [0, 0.1) is 0 Å². The van der Waals surface area contributed by atoms with E-state index in [9.17, 15) is 18.4 Å². The lowest BCUT2D eigenvalue weighted by molar-refractivity contribution is -0.123. The summed E-state index contributed by atoms with van der Waals surface area (Å²) in [6.07, 6.45) is 4.69. The molecule has 0 bridgehead atoms. The van der Waals surface area contributed by atoms with Crippen LogP contribution >= 0.6 is 11.3 Å². The fourth-order valence-electron chi connectivity index (χ4n) is 3.61. The van der Waals surface area contributed by atoms with Gasteiger partial charge in [-0.3, -0.25) is 10.0 Å². The zero-order valence-corrected chi connectivity index (χ0v) is 20.3. The van der Waals surface area contributed by atoms with E-state index in [2.05, 4.69) is 20.0 Å². The molecule has 0 aliphatic carbocycles. The molecule has 0 saturated carbocycles. The summed E-state index contributed by atoms with van der Waals surface area (Å²) < 4.78 is 29.5. The second-order valence-corrected chi connectivity index (χ2v) is 10.8. The van der Waals surface area contributed by atoms with E-state index in [1.165, 1.54) is 10.9 Å². The molecule has 10 nitrogen and oxygen atoms in total. The maximum Gasteiger partial charge on any atom is 0.293 e. The third kappa shape index (κ3) is 4.83.